The van der Waals surface area contributed by atoms with Gasteiger partial charge in [-0.15, -0.1) is 6.58 Å². The molecule has 1 heterocycles. The molecule has 1 atom stereocenters. The second kappa shape index (κ2) is 7.21. The number of epoxide rings is 1. The van der Waals surface area contributed by atoms with E-state index in [-0.39, 0.29) is 0 Å². The van der Waals surface area contributed by atoms with Crippen molar-refractivity contribution >= 4 is 0 Å². The Morgan fingerprint density at radius 1 is 1.47 bits per heavy atom. The van der Waals surface area contributed by atoms with Gasteiger partial charge in [0.15, 0.2) is 0 Å². The van der Waals surface area contributed by atoms with Crippen molar-refractivity contribution in [1.29, 1.82) is 0 Å². The molecular formula is C13H18O2. The molecule has 2 nitrogen and oxygen atoms in total. The minimum atomic E-state index is 0.384. The van der Waals surface area contributed by atoms with Crippen molar-refractivity contribution in [2.75, 3.05) is 19.8 Å². The minimum Gasteiger partial charge on any atom is -0.375 e. The Morgan fingerprint density at radius 2 is 2.13 bits per heavy atom. The van der Waals surface area contributed by atoms with Gasteiger partial charge in [0.1, 0.15) is 6.10 Å². The minimum absolute atomic E-state index is 0.384. The molecule has 1 fully saturated rings. The van der Waals surface area contributed by atoms with Gasteiger partial charge in [0.05, 0.1) is 19.8 Å². The molecule has 0 aromatic heterocycles. The molecule has 0 bridgehead atoms. The van der Waals surface area contributed by atoms with Crippen LogP contribution in [0.5, 0.6) is 0 Å². The molecule has 1 saturated heterocycles. The molecule has 0 spiro atoms. The summed E-state index contributed by atoms with van der Waals surface area (Å²) in [5.41, 5.74) is 1.32. The van der Waals surface area contributed by atoms with E-state index in [9.17, 15) is 0 Å². The van der Waals surface area contributed by atoms with Crippen LogP contribution in [-0.4, -0.2) is 25.9 Å². The molecule has 0 amide bonds. The predicted molar refractivity (Wildman–Crippen MR) is 61.9 cm³/mol. The summed E-state index contributed by atoms with van der Waals surface area (Å²) in [5.74, 6) is 0. The van der Waals surface area contributed by atoms with Crippen LogP contribution in [0.3, 0.4) is 0 Å². The van der Waals surface area contributed by atoms with Crippen LogP contribution in [0.1, 0.15) is 5.56 Å². The van der Waals surface area contributed by atoms with Crippen LogP contribution < -0.4 is 0 Å². The van der Waals surface area contributed by atoms with Crippen molar-refractivity contribution in [2.24, 2.45) is 0 Å². The summed E-state index contributed by atoms with van der Waals surface area (Å²) in [5, 5.41) is 0. The summed E-state index contributed by atoms with van der Waals surface area (Å²) in [6.07, 6.45) is 2.12. The molecule has 15 heavy (non-hydrogen) atoms. The van der Waals surface area contributed by atoms with Gasteiger partial charge in [-0.05, 0) is 6.92 Å². The Morgan fingerprint density at radius 3 is 2.53 bits per heavy atom. The zero-order chi connectivity index (χ0) is 10.9. The fourth-order valence-electron chi connectivity index (χ4n) is 0.981. The summed E-state index contributed by atoms with van der Waals surface area (Å²) < 4.78 is 9.96. The lowest BCUT2D eigenvalue weighted by molar-refractivity contribution is 0.141. The molecule has 1 unspecified atom stereocenters. The highest BCUT2D eigenvalue weighted by Crippen LogP contribution is 2.07. The smallest absolute Gasteiger partial charge is 0.104 e. The Bertz CT molecular complexity index is 265. The van der Waals surface area contributed by atoms with E-state index in [2.05, 4.69) is 25.6 Å². The number of ether oxygens (including phenoxy) is 2. The predicted octanol–water partition coefficient (Wildman–Crippen LogP) is 2.58. The molecular weight excluding hydrogens is 188 g/mol. The molecule has 2 heteroatoms. The van der Waals surface area contributed by atoms with Crippen LogP contribution in [0.4, 0.5) is 0 Å². The first kappa shape index (κ1) is 12.0. The Hall–Kier alpha value is -1.12. The van der Waals surface area contributed by atoms with Gasteiger partial charge >= 0.3 is 0 Å². The van der Waals surface area contributed by atoms with E-state index in [4.69, 9.17) is 9.47 Å². The number of rotatable bonds is 4. The highest BCUT2D eigenvalue weighted by molar-refractivity contribution is 5.11. The SMILES string of the molecule is C=CCOCC1CO1.Cc1ccccc1. The molecule has 2 rings (SSSR count). The van der Waals surface area contributed by atoms with Crippen LogP contribution >= 0.6 is 0 Å². The van der Waals surface area contributed by atoms with Gasteiger partial charge in [0, 0.05) is 0 Å². The van der Waals surface area contributed by atoms with Gasteiger partial charge in [-0.2, -0.15) is 0 Å². The molecule has 1 aliphatic heterocycles. The first-order valence-electron chi connectivity index (χ1n) is 5.15. The average Bonchev–Trinajstić information content (AvgIpc) is 3.04. The number of hydrogen-bond donors (Lipinski definition) is 0. The van der Waals surface area contributed by atoms with Gasteiger partial charge in [-0.25, -0.2) is 0 Å². The maximum absolute atomic E-state index is 5.06. The van der Waals surface area contributed by atoms with Crippen molar-refractivity contribution in [3.63, 3.8) is 0 Å². The molecule has 0 radical (unpaired) electrons. The second-order valence-electron chi connectivity index (χ2n) is 3.44. The van der Waals surface area contributed by atoms with E-state index in [1.807, 2.05) is 18.2 Å². The van der Waals surface area contributed by atoms with E-state index in [1.54, 1.807) is 6.08 Å². The fraction of sp³-hybridized carbons (Fsp3) is 0.385. The second-order valence-corrected chi connectivity index (χ2v) is 3.44. The van der Waals surface area contributed by atoms with E-state index in [0.717, 1.165) is 13.2 Å². The maximum Gasteiger partial charge on any atom is 0.104 e. The molecule has 1 aliphatic rings. The number of hydrogen-bond acceptors (Lipinski definition) is 2. The Kier molecular flexibility index (Phi) is 5.74. The van der Waals surface area contributed by atoms with E-state index in [1.165, 1.54) is 5.56 Å². The zero-order valence-corrected chi connectivity index (χ0v) is 9.19. The summed E-state index contributed by atoms with van der Waals surface area (Å²) >= 11 is 0. The van der Waals surface area contributed by atoms with Crippen molar-refractivity contribution in [1.82, 2.24) is 0 Å². The Balaban J connectivity index is 0.000000151. The molecule has 1 aromatic carbocycles. The quantitative estimate of drug-likeness (QED) is 0.429. The van der Waals surface area contributed by atoms with E-state index >= 15 is 0 Å². The van der Waals surface area contributed by atoms with Gasteiger partial charge in [0.25, 0.3) is 0 Å². The molecule has 0 aliphatic carbocycles. The standard InChI is InChI=1S/C7H8.C6H10O2/c1-7-5-3-2-4-6-7;1-2-3-7-4-6-5-8-6/h2-6H,1H3;2,6H,1,3-5H2. The third kappa shape index (κ3) is 6.89. The lowest BCUT2D eigenvalue weighted by Gasteiger charge is -1.92. The summed E-state index contributed by atoms with van der Waals surface area (Å²) in [6, 6.07) is 10.3. The molecule has 0 saturated carbocycles. The van der Waals surface area contributed by atoms with Crippen LogP contribution in [0.2, 0.25) is 0 Å². The highest BCUT2D eigenvalue weighted by atomic mass is 16.6. The lowest BCUT2D eigenvalue weighted by Crippen LogP contribution is -2.00. The van der Waals surface area contributed by atoms with Gasteiger partial charge in [-0.3, -0.25) is 0 Å². The fourth-order valence-corrected chi connectivity index (χ4v) is 0.981. The van der Waals surface area contributed by atoms with Crippen LogP contribution in [0.15, 0.2) is 43.0 Å². The summed E-state index contributed by atoms with van der Waals surface area (Å²) in [7, 11) is 0. The van der Waals surface area contributed by atoms with Crippen LogP contribution in [0.25, 0.3) is 0 Å². The first-order chi connectivity index (χ1) is 7.33. The largest absolute Gasteiger partial charge is 0.375 e. The van der Waals surface area contributed by atoms with Crippen molar-refractivity contribution in [3.05, 3.63) is 48.6 Å². The van der Waals surface area contributed by atoms with Gasteiger partial charge in [-0.1, -0.05) is 42.0 Å². The molecule has 0 N–H and O–H groups in total. The van der Waals surface area contributed by atoms with E-state index < -0.39 is 0 Å². The maximum atomic E-state index is 5.06. The lowest BCUT2D eigenvalue weighted by atomic mass is 10.2. The molecule has 1 aromatic rings. The first-order valence-corrected chi connectivity index (χ1v) is 5.15. The summed E-state index contributed by atoms with van der Waals surface area (Å²) in [6.45, 7) is 7.83. The topological polar surface area (TPSA) is 21.8 Å². The number of aryl methyl sites for hydroxylation is 1. The highest BCUT2D eigenvalue weighted by Gasteiger charge is 2.21. The summed E-state index contributed by atoms with van der Waals surface area (Å²) in [4.78, 5) is 0. The van der Waals surface area contributed by atoms with Gasteiger partial charge < -0.3 is 9.47 Å². The number of benzene rings is 1. The van der Waals surface area contributed by atoms with Crippen LogP contribution in [-0.2, 0) is 9.47 Å². The normalized spacial score (nSPS) is 17.5. The average molecular weight is 206 g/mol. The van der Waals surface area contributed by atoms with Crippen molar-refractivity contribution in [3.8, 4) is 0 Å². The van der Waals surface area contributed by atoms with Crippen molar-refractivity contribution < 1.29 is 9.47 Å². The monoisotopic (exact) mass is 206 g/mol. The van der Waals surface area contributed by atoms with Gasteiger partial charge in [0.2, 0.25) is 0 Å². The Labute approximate surface area is 91.5 Å². The molecule has 82 valence electrons. The van der Waals surface area contributed by atoms with Crippen molar-refractivity contribution in [2.45, 2.75) is 13.0 Å². The third-order valence-corrected chi connectivity index (χ3v) is 1.88. The third-order valence-electron chi connectivity index (χ3n) is 1.88. The van der Waals surface area contributed by atoms with E-state index in [0.29, 0.717) is 12.7 Å². The zero-order valence-electron chi connectivity index (χ0n) is 9.19. The van der Waals surface area contributed by atoms with Crippen LogP contribution in [0, 0.1) is 6.92 Å².